The fourth-order valence-electron chi connectivity index (χ4n) is 1.25. The number of esters is 1. The van der Waals surface area contributed by atoms with Gasteiger partial charge in [0.15, 0.2) is 5.54 Å². The molecule has 4 nitrogen and oxygen atoms in total. The summed E-state index contributed by atoms with van der Waals surface area (Å²) in [6.07, 6.45) is 1.50. The van der Waals surface area contributed by atoms with Gasteiger partial charge in [0.2, 0.25) is 6.08 Å². The Balaban J connectivity index is 5.20. The maximum Gasteiger partial charge on any atom is 0.335 e. The minimum atomic E-state index is -1.13. The Labute approximate surface area is 107 Å². The van der Waals surface area contributed by atoms with Gasteiger partial charge in [0.25, 0.3) is 0 Å². The highest BCUT2D eigenvalue weighted by Gasteiger charge is 2.44. The van der Waals surface area contributed by atoms with E-state index in [0.717, 1.165) is 0 Å². The molecular weight excluding hydrogens is 238 g/mol. The molecule has 0 aliphatic heterocycles. The molecule has 0 bridgehead atoms. The lowest BCUT2D eigenvalue weighted by Gasteiger charge is -2.31. The molecule has 0 aliphatic carbocycles. The third-order valence-corrected chi connectivity index (χ3v) is 3.91. The first-order valence-corrected chi connectivity index (χ1v) is 6.49. The molecule has 0 unspecified atom stereocenters. The van der Waals surface area contributed by atoms with Crippen LogP contribution in [0.25, 0.3) is 0 Å². The molecular formula is C12H21NO3S. The molecule has 0 radical (unpaired) electrons. The van der Waals surface area contributed by atoms with Gasteiger partial charge in [0.05, 0.1) is 7.11 Å². The van der Waals surface area contributed by atoms with Crippen LogP contribution in [0.3, 0.4) is 0 Å². The van der Waals surface area contributed by atoms with Crippen LogP contribution in [-0.4, -0.2) is 35.2 Å². The summed E-state index contributed by atoms with van der Waals surface area (Å²) in [5.74, 6) is -0.186. The van der Waals surface area contributed by atoms with Gasteiger partial charge in [-0.2, -0.15) is 16.8 Å². The molecule has 1 atom stereocenters. The second-order valence-electron chi connectivity index (χ2n) is 5.17. The SMILES string of the molecule is COC(=O)[C@@](CSC(C)(C)C)(N=C=O)C(C)C. The molecule has 0 spiro atoms. The van der Waals surface area contributed by atoms with Crippen molar-refractivity contribution in [3.63, 3.8) is 0 Å². The second kappa shape index (κ2) is 6.22. The van der Waals surface area contributed by atoms with Crippen LogP contribution in [0.2, 0.25) is 0 Å². The summed E-state index contributed by atoms with van der Waals surface area (Å²) >= 11 is 1.58. The van der Waals surface area contributed by atoms with Crippen LogP contribution < -0.4 is 0 Å². The molecule has 0 aromatic rings. The molecule has 0 aliphatic rings. The van der Waals surface area contributed by atoms with Gasteiger partial charge in [-0.1, -0.05) is 34.6 Å². The number of nitrogens with zero attached hydrogens (tertiary/aromatic N) is 1. The minimum absolute atomic E-state index is 0.00738. The van der Waals surface area contributed by atoms with Gasteiger partial charge in [-0.25, -0.2) is 9.59 Å². The van der Waals surface area contributed by atoms with Crippen LogP contribution in [0.15, 0.2) is 4.99 Å². The van der Waals surface area contributed by atoms with E-state index in [4.69, 9.17) is 4.74 Å². The lowest BCUT2D eigenvalue weighted by Crippen LogP contribution is -2.46. The van der Waals surface area contributed by atoms with Crippen molar-refractivity contribution in [2.24, 2.45) is 10.9 Å². The van der Waals surface area contributed by atoms with Crippen molar-refractivity contribution in [1.29, 1.82) is 0 Å². The summed E-state index contributed by atoms with van der Waals surface area (Å²) in [4.78, 5) is 26.2. The molecule has 0 amide bonds. The van der Waals surface area contributed by atoms with E-state index in [0.29, 0.717) is 5.75 Å². The number of isocyanates is 1. The summed E-state index contributed by atoms with van der Waals surface area (Å²) in [7, 11) is 1.31. The lowest BCUT2D eigenvalue weighted by atomic mass is 9.89. The normalized spacial score (nSPS) is 15.0. The van der Waals surface area contributed by atoms with Crippen LogP contribution >= 0.6 is 11.8 Å². The second-order valence-corrected chi connectivity index (χ2v) is 6.98. The smallest absolute Gasteiger partial charge is 0.335 e. The van der Waals surface area contributed by atoms with E-state index in [1.54, 1.807) is 11.8 Å². The van der Waals surface area contributed by atoms with E-state index in [2.05, 4.69) is 4.99 Å². The molecule has 0 heterocycles. The number of thioether (sulfide) groups is 1. The first-order chi connectivity index (χ1) is 7.69. The maximum atomic E-state index is 11.9. The number of carbonyl (C=O) groups is 1. The van der Waals surface area contributed by atoms with E-state index in [-0.39, 0.29) is 10.7 Å². The van der Waals surface area contributed by atoms with E-state index < -0.39 is 11.5 Å². The monoisotopic (exact) mass is 259 g/mol. The van der Waals surface area contributed by atoms with Crippen LogP contribution in [0.1, 0.15) is 34.6 Å². The Morgan fingerprint density at radius 2 is 1.94 bits per heavy atom. The maximum absolute atomic E-state index is 11.9. The van der Waals surface area contributed by atoms with Gasteiger partial charge in [-0.05, 0) is 5.92 Å². The van der Waals surface area contributed by atoms with Crippen LogP contribution in [0.4, 0.5) is 0 Å². The molecule has 0 fully saturated rings. The van der Waals surface area contributed by atoms with Gasteiger partial charge in [-0.3, -0.25) is 0 Å². The largest absolute Gasteiger partial charge is 0.467 e. The van der Waals surface area contributed by atoms with Crippen LogP contribution in [-0.2, 0) is 14.3 Å². The standard InChI is InChI=1S/C12H21NO3S/c1-9(2)12(13-8-14,10(15)16-6)7-17-11(3,4)5/h9H,7H2,1-6H3/t12-/m0/s1. The van der Waals surface area contributed by atoms with Crippen molar-refractivity contribution < 1.29 is 14.3 Å². The highest BCUT2D eigenvalue weighted by Crippen LogP contribution is 2.33. The molecule has 0 aromatic carbocycles. The average Bonchev–Trinajstić information content (AvgIpc) is 2.21. The summed E-state index contributed by atoms with van der Waals surface area (Å²) < 4.78 is 4.76. The van der Waals surface area contributed by atoms with Gasteiger partial charge in [0, 0.05) is 10.5 Å². The zero-order chi connectivity index (χ0) is 13.7. The minimum Gasteiger partial charge on any atom is -0.467 e. The highest BCUT2D eigenvalue weighted by molar-refractivity contribution is 8.00. The number of methoxy groups -OCH3 is 1. The average molecular weight is 259 g/mol. The van der Waals surface area contributed by atoms with Crippen molar-refractivity contribution in [2.75, 3.05) is 12.9 Å². The van der Waals surface area contributed by atoms with Crippen LogP contribution in [0, 0.1) is 5.92 Å². The Morgan fingerprint density at radius 1 is 1.41 bits per heavy atom. The van der Waals surface area contributed by atoms with Crippen molar-refractivity contribution >= 4 is 23.8 Å². The molecule has 5 heteroatoms. The van der Waals surface area contributed by atoms with Gasteiger partial charge >= 0.3 is 5.97 Å². The predicted octanol–water partition coefficient (Wildman–Crippen LogP) is 2.42. The highest BCUT2D eigenvalue weighted by atomic mass is 32.2. The Bertz CT molecular complexity index is 316. The van der Waals surface area contributed by atoms with E-state index in [1.807, 2.05) is 34.6 Å². The third-order valence-electron chi connectivity index (χ3n) is 2.46. The van der Waals surface area contributed by atoms with Crippen molar-refractivity contribution in [2.45, 2.75) is 44.9 Å². The molecule has 0 rings (SSSR count). The molecule has 98 valence electrons. The Morgan fingerprint density at radius 3 is 2.24 bits per heavy atom. The molecule has 0 saturated heterocycles. The van der Waals surface area contributed by atoms with E-state index in [9.17, 15) is 9.59 Å². The number of hydrogen-bond acceptors (Lipinski definition) is 5. The zero-order valence-electron chi connectivity index (χ0n) is 11.4. The molecule has 0 aromatic heterocycles. The fourth-order valence-corrected chi connectivity index (χ4v) is 2.42. The lowest BCUT2D eigenvalue weighted by molar-refractivity contribution is -0.147. The first-order valence-electron chi connectivity index (χ1n) is 5.51. The number of ether oxygens (including phenoxy) is 1. The first kappa shape index (κ1) is 16.2. The van der Waals surface area contributed by atoms with E-state index in [1.165, 1.54) is 13.2 Å². The zero-order valence-corrected chi connectivity index (χ0v) is 12.2. The van der Waals surface area contributed by atoms with Gasteiger partial charge < -0.3 is 4.74 Å². The Kier molecular flexibility index (Phi) is 5.93. The fraction of sp³-hybridized carbons (Fsp3) is 0.833. The predicted molar refractivity (Wildman–Crippen MR) is 69.9 cm³/mol. The van der Waals surface area contributed by atoms with Gasteiger partial charge in [-0.15, -0.1) is 0 Å². The van der Waals surface area contributed by atoms with E-state index >= 15 is 0 Å². The Hall–Kier alpha value is -0.800. The number of aliphatic imine (C=N–C) groups is 1. The summed E-state index contributed by atoms with van der Waals surface area (Å²) in [5.41, 5.74) is -1.13. The van der Waals surface area contributed by atoms with Crippen molar-refractivity contribution in [1.82, 2.24) is 0 Å². The number of hydrogen-bond donors (Lipinski definition) is 0. The van der Waals surface area contributed by atoms with Gasteiger partial charge in [0.1, 0.15) is 0 Å². The number of carbonyl (C=O) groups excluding carboxylic acids is 2. The van der Waals surface area contributed by atoms with Crippen molar-refractivity contribution in [3.8, 4) is 0 Å². The van der Waals surface area contributed by atoms with Crippen molar-refractivity contribution in [3.05, 3.63) is 0 Å². The number of rotatable bonds is 5. The summed E-state index contributed by atoms with van der Waals surface area (Å²) in [5, 5.41) is 0. The van der Waals surface area contributed by atoms with Crippen LogP contribution in [0.5, 0.6) is 0 Å². The summed E-state index contributed by atoms with van der Waals surface area (Å²) in [6, 6.07) is 0. The molecule has 0 saturated carbocycles. The quantitative estimate of drug-likeness (QED) is 0.432. The summed E-state index contributed by atoms with van der Waals surface area (Å²) in [6.45, 7) is 9.84. The molecule has 0 N–H and O–H groups in total. The third kappa shape index (κ3) is 4.52. The topological polar surface area (TPSA) is 55.7 Å². The molecule has 17 heavy (non-hydrogen) atoms.